The SMILES string of the molecule is Cc1ncc(COc2ccc(F)cc2[C@@H](C)N)s1. The maximum Gasteiger partial charge on any atom is 0.124 e. The Morgan fingerprint density at radius 3 is 2.89 bits per heavy atom. The molecule has 18 heavy (non-hydrogen) atoms. The van der Waals surface area contributed by atoms with Gasteiger partial charge in [-0.15, -0.1) is 11.3 Å². The number of thiazole rings is 1. The van der Waals surface area contributed by atoms with Crippen LogP contribution in [0.1, 0.15) is 28.4 Å². The number of nitrogens with two attached hydrogens (primary N) is 1. The second kappa shape index (κ2) is 5.46. The summed E-state index contributed by atoms with van der Waals surface area (Å²) < 4.78 is 18.8. The van der Waals surface area contributed by atoms with Crippen LogP contribution in [0.4, 0.5) is 4.39 Å². The molecule has 2 rings (SSSR count). The van der Waals surface area contributed by atoms with Crippen molar-refractivity contribution in [3.05, 3.63) is 45.7 Å². The van der Waals surface area contributed by atoms with Crippen LogP contribution in [-0.2, 0) is 6.61 Å². The van der Waals surface area contributed by atoms with Gasteiger partial charge in [0.1, 0.15) is 18.2 Å². The number of nitrogens with zero attached hydrogens (tertiary/aromatic N) is 1. The van der Waals surface area contributed by atoms with Crippen LogP contribution in [-0.4, -0.2) is 4.98 Å². The third-order valence-corrected chi connectivity index (χ3v) is 3.39. The van der Waals surface area contributed by atoms with Crippen LogP contribution in [0.2, 0.25) is 0 Å². The summed E-state index contributed by atoms with van der Waals surface area (Å²) in [6, 6.07) is 4.14. The van der Waals surface area contributed by atoms with Gasteiger partial charge in [-0.1, -0.05) is 0 Å². The van der Waals surface area contributed by atoms with Crippen molar-refractivity contribution in [1.82, 2.24) is 4.98 Å². The zero-order valence-electron chi connectivity index (χ0n) is 10.3. The maximum absolute atomic E-state index is 13.2. The lowest BCUT2D eigenvalue weighted by Crippen LogP contribution is -2.08. The average molecular weight is 266 g/mol. The highest BCUT2D eigenvalue weighted by molar-refractivity contribution is 7.11. The first-order valence-electron chi connectivity index (χ1n) is 5.65. The molecule has 0 radical (unpaired) electrons. The van der Waals surface area contributed by atoms with E-state index in [1.807, 2.05) is 6.92 Å². The lowest BCUT2D eigenvalue weighted by Gasteiger charge is -2.13. The summed E-state index contributed by atoms with van der Waals surface area (Å²) in [4.78, 5) is 5.19. The first-order valence-corrected chi connectivity index (χ1v) is 6.47. The molecule has 96 valence electrons. The number of benzene rings is 1. The van der Waals surface area contributed by atoms with E-state index >= 15 is 0 Å². The van der Waals surface area contributed by atoms with Gasteiger partial charge in [0.05, 0.1) is 9.88 Å². The van der Waals surface area contributed by atoms with Gasteiger partial charge in [-0.3, -0.25) is 0 Å². The minimum absolute atomic E-state index is 0.265. The van der Waals surface area contributed by atoms with Gasteiger partial charge in [0.2, 0.25) is 0 Å². The Morgan fingerprint density at radius 2 is 2.28 bits per heavy atom. The van der Waals surface area contributed by atoms with E-state index in [4.69, 9.17) is 10.5 Å². The van der Waals surface area contributed by atoms with Crippen LogP contribution in [0.5, 0.6) is 5.75 Å². The fourth-order valence-electron chi connectivity index (χ4n) is 1.63. The monoisotopic (exact) mass is 266 g/mol. The molecular weight excluding hydrogens is 251 g/mol. The van der Waals surface area contributed by atoms with E-state index in [0.29, 0.717) is 17.9 Å². The summed E-state index contributed by atoms with van der Waals surface area (Å²) in [5.74, 6) is 0.320. The van der Waals surface area contributed by atoms with Gasteiger partial charge in [-0.05, 0) is 32.0 Å². The van der Waals surface area contributed by atoms with Gasteiger partial charge < -0.3 is 10.5 Å². The maximum atomic E-state index is 13.2. The average Bonchev–Trinajstić information content (AvgIpc) is 2.73. The van der Waals surface area contributed by atoms with Gasteiger partial charge in [0.25, 0.3) is 0 Å². The molecule has 0 bridgehead atoms. The predicted molar refractivity (Wildman–Crippen MR) is 70.2 cm³/mol. The molecule has 1 aromatic carbocycles. The zero-order chi connectivity index (χ0) is 13.1. The van der Waals surface area contributed by atoms with Crippen molar-refractivity contribution in [2.45, 2.75) is 26.5 Å². The van der Waals surface area contributed by atoms with Gasteiger partial charge in [0.15, 0.2) is 0 Å². The smallest absolute Gasteiger partial charge is 0.124 e. The Hall–Kier alpha value is -1.46. The van der Waals surface area contributed by atoms with Crippen LogP contribution < -0.4 is 10.5 Å². The fraction of sp³-hybridized carbons (Fsp3) is 0.308. The summed E-state index contributed by atoms with van der Waals surface area (Å²) in [6.45, 7) is 4.18. The second-order valence-corrected chi connectivity index (χ2v) is 5.42. The van der Waals surface area contributed by atoms with Crippen molar-refractivity contribution in [2.24, 2.45) is 5.73 Å². The number of ether oxygens (including phenoxy) is 1. The van der Waals surface area contributed by atoms with Crippen molar-refractivity contribution < 1.29 is 9.13 Å². The molecule has 3 nitrogen and oxygen atoms in total. The van der Waals surface area contributed by atoms with E-state index < -0.39 is 0 Å². The van der Waals surface area contributed by atoms with Crippen LogP contribution in [0.15, 0.2) is 24.4 Å². The standard InChI is InChI=1S/C13H15FN2OS/c1-8(15)12-5-10(14)3-4-13(12)17-7-11-6-16-9(2)18-11/h3-6,8H,7,15H2,1-2H3/t8-/m1/s1. The summed E-state index contributed by atoms with van der Waals surface area (Å²) in [5.41, 5.74) is 6.48. The molecule has 5 heteroatoms. The Morgan fingerprint density at radius 1 is 1.50 bits per heavy atom. The second-order valence-electron chi connectivity index (χ2n) is 4.11. The molecule has 0 aliphatic carbocycles. The lowest BCUT2D eigenvalue weighted by atomic mass is 10.1. The minimum Gasteiger partial charge on any atom is -0.488 e. The molecule has 0 amide bonds. The van der Waals surface area contributed by atoms with E-state index in [1.165, 1.54) is 12.1 Å². The molecule has 1 heterocycles. The third kappa shape index (κ3) is 3.05. The highest BCUT2D eigenvalue weighted by Gasteiger charge is 2.10. The Bertz CT molecular complexity index is 540. The van der Waals surface area contributed by atoms with E-state index in [-0.39, 0.29) is 11.9 Å². The molecular formula is C13H15FN2OS. The van der Waals surface area contributed by atoms with Crippen molar-refractivity contribution >= 4 is 11.3 Å². The van der Waals surface area contributed by atoms with Gasteiger partial charge in [-0.2, -0.15) is 0 Å². The fourth-order valence-corrected chi connectivity index (χ4v) is 2.34. The highest BCUT2D eigenvalue weighted by atomic mass is 32.1. The molecule has 0 unspecified atom stereocenters. The topological polar surface area (TPSA) is 48.1 Å². The van der Waals surface area contributed by atoms with E-state index in [0.717, 1.165) is 9.88 Å². The lowest BCUT2D eigenvalue weighted by molar-refractivity contribution is 0.304. The summed E-state index contributed by atoms with van der Waals surface area (Å²) in [5, 5.41) is 1.00. The van der Waals surface area contributed by atoms with Crippen LogP contribution in [0, 0.1) is 12.7 Å². The quantitative estimate of drug-likeness (QED) is 0.924. The largest absolute Gasteiger partial charge is 0.488 e. The summed E-state index contributed by atoms with van der Waals surface area (Å²) >= 11 is 1.58. The first kappa shape index (κ1) is 13.0. The molecule has 2 aromatic rings. The van der Waals surface area contributed by atoms with E-state index in [2.05, 4.69) is 4.98 Å². The van der Waals surface area contributed by atoms with Crippen molar-refractivity contribution in [1.29, 1.82) is 0 Å². The number of aromatic nitrogens is 1. The Balaban J connectivity index is 2.13. The van der Waals surface area contributed by atoms with Gasteiger partial charge in [0, 0.05) is 17.8 Å². The molecule has 1 aromatic heterocycles. The Kier molecular flexibility index (Phi) is 3.93. The minimum atomic E-state index is -0.303. The molecule has 0 aliphatic rings. The van der Waals surface area contributed by atoms with Crippen molar-refractivity contribution in [2.75, 3.05) is 0 Å². The van der Waals surface area contributed by atoms with Gasteiger partial charge in [-0.25, -0.2) is 9.37 Å². The number of hydrogen-bond donors (Lipinski definition) is 1. The summed E-state index contributed by atoms with van der Waals surface area (Å²) in [6.07, 6.45) is 1.79. The molecule has 0 saturated heterocycles. The zero-order valence-corrected chi connectivity index (χ0v) is 11.1. The van der Waals surface area contributed by atoms with Crippen LogP contribution in [0.25, 0.3) is 0 Å². The first-order chi connectivity index (χ1) is 8.56. The highest BCUT2D eigenvalue weighted by Crippen LogP contribution is 2.26. The Labute approximate surface area is 109 Å². The predicted octanol–water partition coefficient (Wildman–Crippen LogP) is 3.19. The molecule has 2 N–H and O–H groups in total. The molecule has 1 atom stereocenters. The summed E-state index contributed by atoms with van der Waals surface area (Å²) in [7, 11) is 0. The number of hydrogen-bond acceptors (Lipinski definition) is 4. The molecule has 0 saturated carbocycles. The molecule has 0 fully saturated rings. The van der Waals surface area contributed by atoms with Crippen LogP contribution in [0.3, 0.4) is 0 Å². The molecule has 0 spiro atoms. The molecule has 0 aliphatic heterocycles. The van der Waals surface area contributed by atoms with E-state index in [1.54, 1.807) is 30.5 Å². The van der Waals surface area contributed by atoms with Crippen LogP contribution >= 0.6 is 11.3 Å². The van der Waals surface area contributed by atoms with E-state index in [9.17, 15) is 4.39 Å². The van der Waals surface area contributed by atoms with Crippen molar-refractivity contribution in [3.8, 4) is 5.75 Å². The third-order valence-electron chi connectivity index (χ3n) is 2.50. The number of halogens is 1. The van der Waals surface area contributed by atoms with Gasteiger partial charge >= 0.3 is 0 Å². The normalized spacial score (nSPS) is 12.4. The van der Waals surface area contributed by atoms with Crippen molar-refractivity contribution in [3.63, 3.8) is 0 Å². The number of rotatable bonds is 4. The number of aryl methyl sites for hydroxylation is 1.